The molecule has 2 atom stereocenters. The lowest BCUT2D eigenvalue weighted by Crippen LogP contribution is -2.34. The number of hydrogen-bond donors (Lipinski definition) is 4. The van der Waals surface area contributed by atoms with Crippen molar-refractivity contribution in [2.75, 3.05) is 12.3 Å². The van der Waals surface area contributed by atoms with E-state index in [1.54, 1.807) is 12.3 Å². The summed E-state index contributed by atoms with van der Waals surface area (Å²) in [5.41, 5.74) is 7.10. The zero-order chi connectivity index (χ0) is 13.0. The second kappa shape index (κ2) is 5.60. The first-order valence-corrected chi connectivity index (χ1v) is 5.24. The van der Waals surface area contributed by atoms with E-state index in [1.807, 2.05) is 6.92 Å². The maximum atomic E-state index is 10.7. The van der Waals surface area contributed by atoms with E-state index < -0.39 is 12.2 Å². The Kier molecular flexibility index (Phi) is 4.42. The molecule has 17 heavy (non-hydrogen) atoms. The van der Waals surface area contributed by atoms with Gasteiger partial charge in [-0.25, -0.2) is 0 Å². The molecule has 0 saturated heterocycles. The van der Waals surface area contributed by atoms with Crippen LogP contribution in [-0.4, -0.2) is 33.8 Å². The molecule has 1 aromatic heterocycles. The van der Waals surface area contributed by atoms with Crippen molar-refractivity contribution < 1.29 is 15.0 Å². The molecule has 1 aromatic rings. The number of anilines is 1. The number of nitrogens with one attached hydrogen (secondary N) is 1. The zero-order valence-corrected chi connectivity index (χ0v) is 9.84. The quantitative estimate of drug-likeness (QED) is 0.566. The molecule has 0 fully saturated rings. The summed E-state index contributed by atoms with van der Waals surface area (Å²) in [6.07, 6.45) is -0.807. The molecule has 1 rings (SSSR count). The molecular weight excluding hydrogens is 222 g/mol. The summed E-state index contributed by atoms with van der Waals surface area (Å²) in [7, 11) is 0. The predicted octanol–water partition coefficient (Wildman–Crippen LogP) is -0.497. The number of aryl methyl sites for hydroxylation is 1. The first-order valence-electron chi connectivity index (χ1n) is 5.24. The number of hydrogen-bond acceptors (Lipinski definition) is 5. The topological polar surface area (TPSA) is 108 Å². The molecule has 0 aliphatic carbocycles. The largest absolute Gasteiger partial charge is 0.397 e. The highest BCUT2D eigenvalue weighted by Crippen LogP contribution is 2.21. The number of aliphatic hydroxyl groups is 2. The van der Waals surface area contributed by atoms with Gasteiger partial charge in [0.05, 0.1) is 11.4 Å². The van der Waals surface area contributed by atoms with E-state index in [4.69, 9.17) is 5.73 Å². The average molecular weight is 239 g/mol. The van der Waals surface area contributed by atoms with Crippen molar-refractivity contribution >= 4 is 11.6 Å². The highest BCUT2D eigenvalue weighted by Gasteiger charge is 2.21. The SMILES string of the molecule is CC(=O)NCC(O)C(O)c1ncc(C)cc1N. The summed E-state index contributed by atoms with van der Waals surface area (Å²) in [6.45, 7) is 3.11. The number of amides is 1. The summed E-state index contributed by atoms with van der Waals surface area (Å²) in [5.74, 6) is -0.277. The standard InChI is InChI=1S/C11H17N3O3/c1-6-3-8(12)10(14-4-6)11(17)9(16)5-13-7(2)15/h3-4,9,11,16-17H,5,12H2,1-2H3,(H,13,15). The van der Waals surface area contributed by atoms with E-state index in [1.165, 1.54) is 6.92 Å². The first kappa shape index (κ1) is 13.4. The lowest BCUT2D eigenvalue weighted by Gasteiger charge is -2.19. The number of pyridine rings is 1. The Balaban J connectivity index is 2.74. The summed E-state index contributed by atoms with van der Waals surface area (Å²) in [4.78, 5) is 14.7. The molecule has 0 bridgehead atoms. The molecular formula is C11H17N3O3. The van der Waals surface area contributed by atoms with Crippen LogP contribution in [0, 0.1) is 6.92 Å². The lowest BCUT2D eigenvalue weighted by atomic mass is 10.1. The van der Waals surface area contributed by atoms with E-state index in [-0.39, 0.29) is 18.1 Å². The maximum Gasteiger partial charge on any atom is 0.216 e. The fourth-order valence-electron chi connectivity index (χ4n) is 1.39. The molecule has 0 saturated carbocycles. The molecule has 0 aliphatic rings. The van der Waals surface area contributed by atoms with Gasteiger partial charge in [0.2, 0.25) is 5.91 Å². The van der Waals surface area contributed by atoms with Crippen molar-refractivity contribution in [2.24, 2.45) is 0 Å². The number of nitrogen functional groups attached to an aromatic ring is 1. The van der Waals surface area contributed by atoms with Crippen molar-refractivity contribution in [2.45, 2.75) is 26.1 Å². The molecule has 0 aromatic carbocycles. The third-order valence-electron chi connectivity index (χ3n) is 2.29. The minimum absolute atomic E-state index is 0.0501. The van der Waals surface area contributed by atoms with E-state index in [0.29, 0.717) is 5.69 Å². The summed E-state index contributed by atoms with van der Waals surface area (Å²) in [5, 5.41) is 21.9. The minimum atomic E-state index is -1.22. The third kappa shape index (κ3) is 3.69. The van der Waals surface area contributed by atoms with Crippen LogP contribution >= 0.6 is 0 Å². The van der Waals surface area contributed by atoms with Crippen LogP contribution in [0.2, 0.25) is 0 Å². The Morgan fingerprint density at radius 3 is 2.76 bits per heavy atom. The molecule has 1 amide bonds. The van der Waals surface area contributed by atoms with Crippen molar-refractivity contribution in [3.63, 3.8) is 0 Å². The average Bonchev–Trinajstić information content (AvgIpc) is 2.25. The van der Waals surface area contributed by atoms with Crippen molar-refractivity contribution in [3.8, 4) is 0 Å². The fraction of sp³-hybridized carbons (Fsp3) is 0.455. The number of carbonyl (C=O) groups excluding carboxylic acids is 1. The molecule has 5 N–H and O–H groups in total. The number of aliphatic hydroxyl groups excluding tert-OH is 2. The first-order chi connectivity index (χ1) is 7.91. The predicted molar refractivity (Wildman–Crippen MR) is 63.0 cm³/mol. The van der Waals surface area contributed by atoms with Crippen molar-refractivity contribution in [1.29, 1.82) is 0 Å². The molecule has 94 valence electrons. The van der Waals surface area contributed by atoms with Gasteiger partial charge in [-0.05, 0) is 18.6 Å². The van der Waals surface area contributed by atoms with Gasteiger partial charge >= 0.3 is 0 Å². The number of nitrogens with zero attached hydrogens (tertiary/aromatic N) is 1. The Hall–Kier alpha value is -1.66. The molecule has 2 unspecified atom stereocenters. The maximum absolute atomic E-state index is 10.7. The summed E-state index contributed by atoms with van der Waals surface area (Å²) >= 11 is 0. The van der Waals surface area contributed by atoms with E-state index in [0.717, 1.165) is 5.56 Å². The van der Waals surface area contributed by atoms with Gasteiger partial charge < -0.3 is 21.3 Å². The van der Waals surface area contributed by atoms with Gasteiger partial charge in [-0.15, -0.1) is 0 Å². The van der Waals surface area contributed by atoms with Gasteiger partial charge in [0.1, 0.15) is 12.2 Å². The smallest absolute Gasteiger partial charge is 0.216 e. The van der Waals surface area contributed by atoms with Crippen LogP contribution in [-0.2, 0) is 4.79 Å². The Bertz CT molecular complexity index is 409. The Labute approximate surface area is 99.5 Å². The second-order valence-electron chi connectivity index (χ2n) is 3.94. The van der Waals surface area contributed by atoms with Crippen LogP contribution in [0.3, 0.4) is 0 Å². The monoisotopic (exact) mass is 239 g/mol. The van der Waals surface area contributed by atoms with Crippen LogP contribution in [0.15, 0.2) is 12.3 Å². The highest BCUT2D eigenvalue weighted by atomic mass is 16.3. The van der Waals surface area contributed by atoms with Crippen LogP contribution in [0.5, 0.6) is 0 Å². The van der Waals surface area contributed by atoms with E-state index >= 15 is 0 Å². The molecule has 6 heteroatoms. The minimum Gasteiger partial charge on any atom is -0.397 e. The Morgan fingerprint density at radius 2 is 2.24 bits per heavy atom. The van der Waals surface area contributed by atoms with Gasteiger partial charge in [0.15, 0.2) is 0 Å². The van der Waals surface area contributed by atoms with Gasteiger partial charge in [0, 0.05) is 19.7 Å². The normalized spacial score (nSPS) is 14.1. The van der Waals surface area contributed by atoms with Crippen molar-refractivity contribution in [3.05, 3.63) is 23.5 Å². The molecule has 0 spiro atoms. The van der Waals surface area contributed by atoms with Crippen LogP contribution in [0.25, 0.3) is 0 Å². The van der Waals surface area contributed by atoms with Crippen LogP contribution in [0.4, 0.5) is 5.69 Å². The van der Waals surface area contributed by atoms with Gasteiger partial charge in [-0.2, -0.15) is 0 Å². The fourth-order valence-corrected chi connectivity index (χ4v) is 1.39. The number of nitrogens with two attached hydrogens (primary N) is 1. The molecule has 6 nitrogen and oxygen atoms in total. The van der Waals surface area contributed by atoms with Gasteiger partial charge in [-0.1, -0.05) is 0 Å². The zero-order valence-electron chi connectivity index (χ0n) is 9.84. The van der Waals surface area contributed by atoms with Crippen molar-refractivity contribution in [1.82, 2.24) is 10.3 Å². The summed E-state index contributed by atoms with van der Waals surface area (Å²) in [6, 6.07) is 1.66. The lowest BCUT2D eigenvalue weighted by molar-refractivity contribution is -0.119. The Morgan fingerprint density at radius 1 is 1.59 bits per heavy atom. The molecule has 1 heterocycles. The second-order valence-corrected chi connectivity index (χ2v) is 3.94. The van der Waals surface area contributed by atoms with E-state index in [9.17, 15) is 15.0 Å². The number of aromatic nitrogens is 1. The molecule has 0 radical (unpaired) electrons. The number of rotatable bonds is 4. The van der Waals surface area contributed by atoms with Gasteiger partial charge in [-0.3, -0.25) is 9.78 Å². The van der Waals surface area contributed by atoms with Crippen LogP contribution < -0.4 is 11.1 Å². The highest BCUT2D eigenvalue weighted by molar-refractivity contribution is 5.72. The summed E-state index contributed by atoms with van der Waals surface area (Å²) < 4.78 is 0. The van der Waals surface area contributed by atoms with Crippen LogP contribution in [0.1, 0.15) is 24.3 Å². The van der Waals surface area contributed by atoms with Gasteiger partial charge in [0.25, 0.3) is 0 Å². The third-order valence-corrected chi connectivity index (χ3v) is 2.29. The van der Waals surface area contributed by atoms with E-state index in [2.05, 4.69) is 10.3 Å². The number of carbonyl (C=O) groups is 1. The molecule has 0 aliphatic heterocycles.